The maximum Gasteiger partial charge on any atom is 0.256 e. The van der Waals surface area contributed by atoms with Crippen molar-refractivity contribution in [3.63, 3.8) is 0 Å². The number of rotatable bonds is 4. The number of aromatic amines is 1. The molecule has 0 saturated carbocycles. The second kappa shape index (κ2) is 9.09. The van der Waals surface area contributed by atoms with Crippen LogP contribution in [0.25, 0.3) is 32.9 Å². The van der Waals surface area contributed by atoms with Gasteiger partial charge in [-0.05, 0) is 73.4 Å². The molecule has 9 heteroatoms. The molecular weight excluding hydrogens is 528 g/mol. The van der Waals surface area contributed by atoms with Gasteiger partial charge in [0.2, 0.25) is 6.35 Å². The van der Waals surface area contributed by atoms with Crippen LogP contribution in [0.4, 0.5) is 5.69 Å². The highest BCUT2D eigenvalue weighted by atomic mass is 35.5. The van der Waals surface area contributed by atoms with Crippen molar-refractivity contribution in [1.29, 1.82) is 0 Å². The van der Waals surface area contributed by atoms with Crippen molar-refractivity contribution >= 4 is 50.9 Å². The van der Waals surface area contributed by atoms with Gasteiger partial charge >= 0.3 is 0 Å². The summed E-state index contributed by atoms with van der Waals surface area (Å²) in [7, 11) is 0. The Kier molecular flexibility index (Phi) is 5.88. The molecule has 1 atom stereocenters. The van der Waals surface area contributed by atoms with Crippen LogP contribution in [0.5, 0.6) is 0 Å². The molecule has 5 N–H and O–H groups in total. The zero-order valence-electron chi connectivity index (χ0n) is 22.1. The van der Waals surface area contributed by atoms with E-state index in [2.05, 4.69) is 4.98 Å². The number of primary amides is 1. The molecule has 3 aromatic carbocycles. The Balaban J connectivity index is 1.56. The maximum atomic E-state index is 13.3. The zero-order chi connectivity index (χ0) is 28.5. The van der Waals surface area contributed by atoms with Gasteiger partial charge in [-0.15, -0.1) is 0 Å². The summed E-state index contributed by atoms with van der Waals surface area (Å²) in [5, 5.41) is 23.8. The Morgan fingerprint density at radius 2 is 1.90 bits per heavy atom. The average Bonchev–Trinajstić information content (AvgIpc) is 3.28. The molecule has 0 saturated heterocycles. The van der Waals surface area contributed by atoms with Gasteiger partial charge < -0.3 is 25.8 Å². The van der Waals surface area contributed by atoms with Crippen LogP contribution in [0.15, 0.2) is 83.7 Å². The minimum absolute atomic E-state index is 0.342. The predicted molar refractivity (Wildman–Crippen MR) is 156 cm³/mol. The molecule has 2 aliphatic heterocycles. The number of hydrogen-bond donors (Lipinski definition) is 4. The molecule has 0 radical (unpaired) electrons. The number of nitrogens with zero attached hydrogens (tertiary/aromatic N) is 2. The lowest BCUT2D eigenvalue weighted by Gasteiger charge is -2.41. The first-order valence-electron chi connectivity index (χ1n) is 12.7. The fourth-order valence-electron chi connectivity index (χ4n) is 5.52. The lowest BCUT2D eigenvalue weighted by Crippen LogP contribution is -2.52. The van der Waals surface area contributed by atoms with Crippen molar-refractivity contribution in [2.75, 3.05) is 4.90 Å². The van der Waals surface area contributed by atoms with E-state index in [-0.39, 0.29) is 0 Å². The van der Waals surface area contributed by atoms with Gasteiger partial charge in [-0.1, -0.05) is 41.9 Å². The van der Waals surface area contributed by atoms with E-state index in [1.165, 1.54) is 15.9 Å². The molecule has 2 amide bonds. The number of fused-ring (bicyclic) bond motifs is 4. The van der Waals surface area contributed by atoms with E-state index in [1.54, 1.807) is 44.3 Å². The third-order valence-corrected chi connectivity index (χ3v) is 7.89. The molecule has 4 aromatic rings. The number of carbonyl (C=O) groups is 2. The van der Waals surface area contributed by atoms with Crippen molar-refractivity contribution in [1.82, 2.24) is 9.88 Å². The Hall–Kier alpha value is -4.37. The molecule has 202 valence electrons. The number of nitrogens with one attached hydrogen (secondary N) is 1. The summed E-state index contributed by atoms with van der Waals surface area (Å²) in [6.07, 6.45) is 5.14. The van der Waals surface area contributed by atoms with E-state index >= 15 is 0 Å². The van der Waals surface area contributed by atoms with Crippen molar-refractivity contribution in [3.05, 3.63) is 100 Å². The van der Waals surface area contributed by atoms with E-state index in [4.69, 9.17) is 17.3 Å². The smallest absolute Gasteiger partial charge is 0.256 e. The van der Waals surface area contributed by atoms with Crippen molar-refractivity contribution in [2.24, 2.45) is 5.73 Å². The molecule has 8 nitrogen and oxygen atoms in total. The Morgan fingerprint density at radius 1 is 1.12 bits per heavy atom. The van der Waals surface area contributed by atoms with Gasteiger partial charge in [0, 0.05) is 28.6 Å². The zero-order valence-corrected chi connectivity index (χ0v) is 22.8. The molecule has 1 aromatic heterocycles. The van der Waals surface area contributed by atoms with Crippen LogP contribution in [-0.4, -0.2) is 38.3 Å². The molecular formula is C31H27ClN4O4. The topological polar surface area (TPSA) is 123 Å². The highest BCUT2D eigenvalue weighted by Gasteiger charge is 2.36. The number of aromatic nitrogens is 1. The van der Waals surface area contributed by atoms with Gasteiger partial charge in [-0.2, -0.15) is 0 Å². The SMILES string of the molecule is Cc1c(-c2ccc(C(N)=O)c3[nH]c4cc(C(C)(C)O)ccc4c23)cccc1N1C(=O)C=C2C(Cl)=CC=CN2[C@@H]1O. The molecule has 6 rings (SSSR count). The van der Waals surface area contributed by atoms with Crippen LogP contribution < -0.4 is 10.6 Å². The molecule has 40 heavy (non-hydrogen) atoms. The van der Waals surface area contributed by atoms with Crippen LogP contribution in [0.3, 0.4) is 0 Å². The van der Waals surface area contributed by atoms with Crippen LogP contribution in [0.1, 0.15) is 35.3 Å². The summed E-state index contributed by atoms with van der Waals surface area (Å²) < 4.78 is 0. The van der Waals surface area contributed by atoms with E-state index in [0.717, 1.165) is 38.5 Å². The van der Waals surface area contributed by atoms with Crippen LogP contribution in [0.2, 0.25) is 0 Å². The maximum absolute atomic E-state index is 13.3. The van der Waals surface area contributed by atoms with Gasteiger partial charge in [0.1, 0.15) is 0 Å². The first kappa shape index (κ1) is 25.9. The summed E-state index contributed by atoms with van der Waals surface area (Å²) in [5.41, 5.74) is 10.4. The number of benzene rings is 3. The van der Waals surface area contributed by atoms with Crippen LogP contribution in [-0.2, 0) is 10.4 Å². The summed E-state index contributed by atoms with van der Waals surface area (Å²) in [4.78, 5) is 31.8. The number of amides is 2. The molecule has 0 aliphatic carbocycles. The number of carbonyl (C=O) groups excluding carboxylic acids is 2. The minimum Gasteiger partial charge on any atom is -0.386 e. The number of anilines is 1. The number of halogens is 1. The van der Waals surface area contributed by atoms with E-state index in [9.17, 15) is 19.8 Å². The van der Waals surface area contributed by atoms with Crippen molar-refractivity contribution < 1.29 is 19.8 Å². The summed E-state index contributed by atoms with van der Waals surface area (Å²) in [6, 6.07) is 14.7. The summed E-state index contributed by atoms with van der Waals surface area (Å²) >= 11 is 6.28. The summed E-state index contributed by atoms with van der Waals surface area (Å²) in [6.45, 7) is 5.31. The van der Waals surface area contributed by atoms with E-state index < -0.39 is 23.8 Å². The molecule has 3 heterocycles. The van der Waals surface area contributed by atoms with Crippen LogP contribution >= 0.6 is 11.6 Å². The molecule has 0 spiro atoms. The second-order valence-corrected chi connectivity index (χ2v) is 10.9. The third kappa shape index (κ3) is 3.92. The fraction of sp³-hybridized carbons (Fsp3) is 0.161. The van der Waals surface area contributed by atoms with E-state index in [1.807, 2.05) is 43.3 Å². The van der Waals surface area contributed by atoms with Crippen molar-refractivity contribution in [3.8, 4) is 11.1 Å². The largest absolute Gasteiger partial charge is 0.386 e. The number of H-pyrrole nitrogens is 1. The molecule has 0 bridgehead atoms. The van der Waals surface area contributed by atoms with Crippen LogP contribution in [0, 0.1) is 6.92 Å². The van der Waals surface area contributed by atoms with Gasteiger partial charge in [0.25, 0.3) is 11.8 Å². The quantitative estimate of drug-likeness (QED) is 0.280. The Bertz CT molecular complexity index is 1840. The van der Waals surface area contributed by atoms with E-state index in [0.29, 0.717) is 27.5 Å². The highest BCUT2D eigenvalue weighted by molar-refractivity contribution is 6.32. The first-order chi connectivity index (χ1) is 19.0. The monoisotopic (exact) mass is 554 g/mol. The number of aliphatic hydroxyl groups is 2. The number of aliphatic hydroxyl groups excluding tert-OH is 1. The number of hydrogen-bond acceptors (Lipinski definition) is 5. The van der Waals surface area contributed by atoms with Crippen molar-refractivity contribution in [2.45, 2.75) is 32.7 Å². The van der Waals surface area contributed by atoms with Gasteiger partial charge in [0.05, 0.1) is 33.1 Å². The minimum atomic E-state index is -1.30. The predicted octanol–water partition coefficient (Wildman–Crippen LogP) is 5.08. The lowest BCUT2D eigenvalue weighted by molar-refractivity contribution is -0.119. The molecule has 0 unspecified atom stereocenters. The summed E-state index contributed by atoms with van der Waals surface area (Å²) in [5.74, 6) is -0.968. The molecule has 0 fully saturated rings. The van der Waals surface area contributed by atoms with Gasteiger partial charge in [0.15, 0.2) is 0 Å². The Labute approximate surface area is 235 Å². The molecule has 2 aliphatic rings. The van der Waals surface area contributed by atoms with Gasteiger partial charge in [-0.25, -0.2) is 0 Å². The number of allylic oxidation sites excluding steroid dienone is 3. The van der Waals surface area contributed by atoms with Gasteiger partial charge in [-0.3, -0.25) is 14.5 Å². The lowest BCUT2D eigenvalue weighted by atomic mass is 9.92. The first-order valence-corrected chi connectivity index (χ1v) is 13.1. The second-order valence-electron chi connectivity index (χ2n) is 10.5. The average molecular weight is 555 g/mol. The Morgan fingerprint density at radius 3 is 2.62 bits per heavy atom. The highest BCUT2D eigenvalue weighted by Crippen LogP contribution is 2.42. The fourth-order valence-corrected chi connectivity index (χ4v) is 5.75. The third-order valence-electron chi connectivity index (χ3n) is 7.57. The standard InChI is InChI=1S/C31H27ClN4O4/c1-16-18(6-4-8-24(16)36-26(37)15-25-22(32)7-5-13-35(25)30(36)39)19-11-12-21(29(33)38)28-27(19)20-10-9-17(31(2,3)40)14-23(20)34-28/h4-15,30,34,39-40H,1-3H3,(H2,33,38)/t30-/m0/s1. The normalized spacial score (nSPS) is 17.4. The number of nitrogens with two attached hydrogens (primary N) is 1.